The Hall–Kier alpha value is -1.84. The van der Waals surface area contributed by atoms with Gasteiger partial charge < -0.3 is 9.47 Å². The molecule has 0 amide bonds. The molecule has 1 unspecified atom stereocenters. The summed E-state index contributed by atoms with van der Waals surface area (Å²) in [7, 11) is 3.04. The maximum Gasteiger partial charge on any atom is 0.240 e. The molecule has 2 aromatic rings. The Labute approximate surface area is 120 Å². The fraction of sp³-hybridized carbons (Fsp3) is 0.455. The van der Waals surface area contributed by atoms with Gasteiger partial charge in [0.2, 0.25) is 11.8 Å². The number of aromatic nitrogens is 4. The molecule has 1 atom stereocenters. The minimum atomic E-state index is -0.377. The highest BCUT2D eigenvalue weighted by molar-refractivity contribution is 7.05. The lowest BCUT2D eigenvalue weighted by atomic mass is 10.1. The third-order valence-corrected chi connectivity index (χ3v) is 3.60. The monoisotopic (exact) mass is 296 g/mol. The molecule has 108 valence electrons. The van der Waals surface area contributed by atoms with Gasteiger partial charge in [-0.3, -0.25) is 5.84 Å². The molecule has 0 bridgehead atoms. The molecule has 0 aliphatic carbocycles. The lowest BCUT2D eigenvalue weighted by molar-refractivity contribution is 0.352. The van der Waals surface area contributed by atoms with E-state index in [4.69, 9.17) is 15.3 Å². The number of rotatable bonds is 6. The lowest BCUT2D eigenvalue weighted by Crippen LogP contribution is -2.30. The van der Waals surface area contributed by atoms with Crippen LogP contribution in [0, 0.1) is 0 Å². The Balaban J connectivity index is 2.46. The Morgan fingerprint density at radius 3 is 2.80 bits per heavy atom. The van der Waals surface area contributed by atoms with E-state index in [0.717, 1.165) is 17.0 Å². The zero-order valence-corrected chi connectivity index (χ0v) is 12.3. The smallest absolute Gasteiger partial charge is 0.240 e. The maximum absolute atomic E-state index is 5.66. The quantitative estimate of drug-likeness (QED) is 0.584. The number of ether oxygens (including phenoxy) is 2. The second-order valence-corrected chi connectivity index (χ2v) is 4.63. The van der Waals surface area contributed by atoms with Crippen LogP contribution in [0.25, 0.3) is 0 Å². The molecule has 9 heteroatoms. The van der Waals surface area contributed by atoms with Gasteiger partial charge >= 0.3 is 0 Å². The van der Waals surface area contributed by atoms with Crippen molar-refractivity contribution in [1.29, 1.82) is 0 Å². The zero-order chi connectivity index (χ0) is 14.5. The molecule has 0 saturated heterocycles. The highest BCUT2D eigenvalue weighted by Crippen LogP contribution is 2.31. The number of hydrogen-bond donors (Lipinski definition) is 2. The summed E-state index contributed by atoms with van der Waals surface area (Å²) >= 11 is 1.27. The first kappa shape index (κ1) is 14.6. The van der Waals surface area contributed by atoms with E-state index in [-0.39, 0.29) is 6.04 Å². The van der Waals surface area contributed by atoms with Gasteiger partial charge in [0.1, 0.15) is 11.7 Å². The van der Waals surface area contributed by atoms with Crippen LogP contribution < -0.4 is 20.7 Å². The van der Waals surface area contributed by atoms with Gasteiger partial charge in [-0.05, 0) is 18.0 Å². The van der Waals surface area contributed by atoms with E-state index in [0.29, 0.717) is 17.5 Å². The minimum absolute atomic E-state index is 0.350. The van der Waals surface area contributed by atoms with Crippen molar-refractivity contribution in [2.45, 2.75) is 19.4 Å². The Kier molecular flexibility index (Phi) is 4.77. The molecule has 2 heterocycles. The summed E-state index contributed by atoms with van der Waals surface area (Å²) in [6.45, 7) is 2.00. The molecule has 2 aromatic heterocycles. The first-order valence-corrected chi connectivity index (χ1v) is 6.74. The van der Waals surface area contributed by atoms with Crippen molar-refractivity contribution in [1.82, 2.24) is 25.0 Å². The molecular weight excluding hydrogens is 280 g/mol. The van der Waals surface area contributed by atoms with Crippen LogP contribution in [0.3, 0.4) is 0 Å². The van der Waals surface area contributed by atoms with Crippen LogP contribution in [0.5, 0.6) is 11.8 Å². The van der Waals surface area contributed by atoms with Crippen molar-refractivity contribution >= 4 is 11.5 Å². The van der Waals surface area contributed by atoms with E-state index >= 15 is 0 Å². The molecule has 0 spiro atoms. The van der Waals surface area contributed by atoms with Crippen LogP contribution in [-0.2, 0) is 6.42 Å². The molecule has 0 saturated carbocycles. The molecule has 3 N–H and O–H groups in total. The molecule has 0 aromatic carbocycles. The molecular formula is C11H16N6O2S. The number of hydrogen-bond acceptors (Lipinski definition) is 9. The summed E-state index contributed by atoms with van der Waals surface area (Å²) < 4.78 is 14.2. The highest BCUT2D eigenvalue weighted by atomic mass is 32.1. The average Bonchev–Trinajstić information content (AvgIpc) is 2.96. The molecule has 20 heavy (non-hydrogen) atoms. The van der Waals surface area contributed by atoms with Gasteiger partial charge in [0.15, 0.2) is 0 Å². The second-order valence-electron chi connectivity index (χ2n) is 3.84. The van der Waals surface area contributed by atoms with Gasteiger partial charge in [-0.1, -0.05) is 11.4 Å². The molecule has 0 fully saturated rings. The Bertz CT molecular complexity index is 576. The van der Waals surface area contributed by atoms with Crippen LogP contribution in [-0.4, -0.2) is 33.8 Å². The standard InChI is InChI=1S/C11H16N6O2S/c1-4-6-10(20-17-16-6)8(15-12)9-11(19-3)14-7(18-2)5-13-9/h5,8,15H,4,12H2,1-3H3. The molecule has 0 radical (unpaired) electrons. The van der Waals surface area contributed by atoms with E-state index in [1.807, 2.05) is 6.92 Å². The van der Waals surface area contributed by atoms with Crippen LogP contribution >= 0.6 is 11.5 Å². The normalized spacial score (nSPS) is 12.2. The van der Waals surface area contributed by atoms with Gasteiger partial charge in [0.25, 0.3) is 0 Å². The number of aryl methyl sites for hydroxylation is 1. The number of hydrazine groups is 1. The lowest BCUT2D eigenvalue weighted by Gasteiger charge is -2.16. The van der Waals surface area contributed by atoms with Crippen molar-refractivity contribution in [3.8, 4) is 11.8 Å². The van der Waals surface area contributed by atoms with Crippen LogP contribution in [0.1, 0.15) is 29.2 Å². The van der Waals surface area contributed by atoms with Crippen LogP contribution in [0.15, 0.2) is 6.20 Å². The van der Waals surface area contributed by atoms with E-state index < -0.39 is 0 Å². The summed E-state index contributed by atoms with van der Waals surface area (Å²) in [6, 6.07) is -0.377. The van der Waals surface area contributed by atoms with Crippen LogP contribution in [0.2, 0.25) is 0 Å². The van der Waals surface area contributed by atoms with Gasteiger partial charge in [-0.2, -0.15) is 4.98 Å². The van der Waals surface area contributed by atoms with Gasteiger partial charge in [0.05, 0.1) is 31.0 Å². The fourth-order valence-electron chi connectivity index (χ4n) is 1.77. The first-order valence-electron chi connectivity index (χ1n) is 5.97. The van der Waals surface area contributed by atoms with E-state index in [1.165, 1.54) is 31.9 Å². The van der Waals surface area contributed by atoms with Crippen molar-refractivity contribution in [2.75, 3.05) is 14.2 Å². The van der Waals surface area contributed by atoms with Crippen molar-refractivity contribution < 1.29 is 9.47 Å². The van der Waals surface area contributed by atoms with Gasteiger partial charge in [-0.25, -0.2) is 10.4 Å². The van der Waals surface area contributed by atoms with Crippen LogP contribution in [0.4, 0.5) is 0 Å². The Morgan fingerprint density at radius 1 is 1.40 bits per heavy atom. The average molecular weight is 296 g/mol. The minimum Gasteiger partial charge on any atom is -0.480 e. The SMILES string of the molecule is CCc1nnsc1C(NN)c1ncc(OC)nc1OC. The third kappa shape index (κ3) is 2.69. The van der Waals surface area contributed by atoms with Gasteiger partial charge in [0, 0.05) is 0 Å². The topological polar surface area (TPSA) is 108 Å². The largest absolute Gasteiger partial charge is 0.480 e. The van der Waals surface area contributed by atoms with Gasteiger partial charge in [-0.15, -0.1) is 5.10 Å². The second kappa shape index (κ2) is 6.55. The third-order valence-electron chi connectivity index (χ3n) is 2.77. The zero-order valence-electron chi connectivity index (χ0n) is 11.5. The number of nitrogens with zero attached hydrogens (tertiary/aromatic N) is 4. The summed E-state index contributed by atoms with van der Waals surface area (Å²) in [5.74, 6) is 6.38. The molecule has 2 rings (SSSR count). The van der Waals surface area contributed by atoms with E-state index in [1.54, 1.807) is 0 Å². The number of methoxy groups -OCH3 is 2. The molecule has 0 aliphatic rings. The maximum atomic E-state index is 5.66. The highest BCUT2D eigenvalue weighted by Gasteiger charge is 2.25. The number of nitrogens with one attached hydrogen (secondary N) is 1. The molecule has 0 aliphatic heterocycles. The predicted octanol–water partition coefficient (Wildman–Crippen LogP) is 0.460. The van der Waals surface area contributed by atoms with Crippen molar-refractivity contribution in [3.05, 3.63) is 22.5 Å². The summed E-state index contributed by atoms with van der Waals surface area (Å²) in [5.41, 5.74) is 4.15. The van der Waals surface area contributed by atoms with Crippen molar-refractivity contribution in [3.63, 3.8) is 0 Å². The summed E-state index contributed by atoms with van der Waals surface area (Å²) in [4.78, 5) is 9.42. The predicted molar refractivity (Wildman–Crippen MR) is 73.6 cm³/mol. The first-order chi connectivity index (χ1) is 9.74. The summed E-state index contributed by atoms with van der Waals surface area (Å²) in [6.07, 6.45) is 2.28. The Morgan fingerprint density at radius 2 is 2.20 bits per heavy atom. The fourth-order valence-corrected chi connectivity index (χ4v) is 2.57. The van der Waals surface area contributed by atoms with E-state index in [2.05, 4.69) is 25.0 Å². The van der Waals surface area contributed by atoms with E-state index in [9.17, 15) is 0 Å². The summed E-state index contributed by atoms with van der Waals surface area (Å²) in [5, 5.41) is 4.08. The molecule has 8 nitrogen and oxygen atoms in total. The number of nitrogens with two attached hydrogens (primary N) is 1. The van der Waals surface area contributed by atoms with Crippen molar-refractivity contribution in [2.24, 2.45) is 5.84 Å².